The van der Waals surface area contributed by atoms with Gasteiger partial charge in [-0.1, -0.05) is 49.1 Å². The molecule has 1 amide bonds. The number of hydrogen-bond donors (Lipinski definition) is 1. The van der Waals surface area contributed by atoms with Crippen molar-refractivity contribution in [1.82, 2.24) is 10.2 Å². The van der Waals surface area contributed by atoms with Crippen LogP contribution in [-0.2, 0) is 11.3 Å². The van der Waals surface area contributed by atoms with Crippen molar-refractivity contribution in [2.24, 2.45) is 0 Å². The molecule has 3 rings (SSSR count). The van der Waals surface area contributed by atoms with E-state index in [9.17, 15) is 4.79 Å². The zero-order valence-corrected chi connectivity index (χ0v) is 16.3. The summed E-state index contributed by atoms with van der Waals surface area (Å²) in [7, 11) is 0. The van der Waals surface area contributed by atoms with Gasteiger partial charge in [0.2, 0.25) is 5.91 Å². The second kappa shape index (κ2) is 10.5. The molecule has 1 aliphatic rings. The molecule has 1 aliphatic heterocycles. The van der Waals surface area contributed by atoms with Crippen LogP contribution < -0.4 is 15.0 Å². The highest BCUT2D eigenvalue weighted by molar-refractivity contribution is 5.76. The van der Waals surface area contributed by atoms with Crippen LogP contribution in [-0.4, -0.2) is 50.1 Å². The highest BCUT2D eigenvalue weighted by Gasteiger charge is 2.20. The number of carbonyl (C=O) groups excluding carboxylic acids is 1. The second-order valence-corrected chi connectivity index (χ2v) is 6.84. The van der Waals surface area contributed by atoms with Crippen LogP contribution in [0.5, 0.6) is 5.75 Å². The minimum Gasteiger partial charge on any atom is -0.489 e. The largest absolute Gasteiger partial charge is 0.489 e. The lowest BCUT2D eigenvalue weighted by Gasteiger charge is -2.36. The minimum absolute atomic E-state index is 0.219. The van der Waals surface area contributed by atoms with Gasteiger partial charge in [0, 0.05) is 56.9 Å². The van der Waals surface area contributed by atoms with Crippen molar-refractivity contribution in [3.05, 3.63) is 72.8 Å². The van der Waals surface area contributed by atoms with E-state index in [0.717, 1.165) is 37.5 Å². The van der Waals surface area contributed by atoms with E-state index in [1.165, 1.54) is 5.69 Å². The molecule has 1 fully saturated rings. The van der Waals surface area contributed by atoms with Gasteiger partial charge in [0.15, 0.2) is 0 Å². The number of para-hydroxylation sites is 2. The third-order valence-electron chi connectivity index (χ3n) is 4.91. The molecule has 0 saturated carbocycles. The molecule has 1 saturated heterocycles. The molecule has 0 spiro atoms. The molecular formula is C23H29N3O2. The maximum absolute atomic E-state index is 12.5. The number of nitrogens with one attached hydrogen (secondary N) is 1. The predicted molar refractivity (Wildman–Crippen MR) is 114 cm³/mol. The normalized spacial score (nSPS) is 14.0. The molecule has 2 aromatic rings. The van der Waals surface area contributed by atoms with E-state index in [-0.39, 0.29) is 5.91 Å². The first-order chi connectivity index (χ1) is 13.8. The fourth-order valence-corrected chi connectivity index (χ4v) is 3.37. The van der Waals surface area contributed by atoms with Crippen molar-refractivity contribution < 1.29 is 9.53 Å². The number of rotatable bonds is 9. The lowest BCUT2D eigenvalue weighted by Crippen LogP contribution is -2.49. The van der Waals surface area contributed by atoms with Crippen molar-refractivity contribution in [3.63, 3.8) is 0 Å². The van der Waals surface area contributed by atoms with Gasteiger partial charge >= 0.3 is 0 Å². The van der Waals surface area contributed by atoms with Crippen LogP contribution in [0.15, 0.2) is 67.3 Å². The standard InChI is InChI=1S/C23H29N3O2/c1-2-18-28-22-11-7-6-8-20(22)19-24-13-12-23(27)26-16-14-25(15-17-26)21-9-4-3-5-10-21/h2-11,24H,1,12-19H2. The molecule has 1 N–H and O–H groups in total. The molecule has 148 valence electrons. The molecule has 0 unspecified atom stereocenters. The van der Waals surface area contributed by atoms with Crippen LogP contribution >= 0.6 is 0 Å². The van der Waals surface area contributed by atoms with Crippen LogP contribution in [0.4, 0.5) is 5.69 Å². The number of carbonyl (C=O) groups is 1. The van der Waals surface area contributed by atoms with Gasteiger partial charge in [-0.3, -0.25) is 4.79 Å². The maximum Gasteiger partial charge on any atom is 0.223 e. The van der Waals surface area contributed by atoms with E-state index in [2.05, 4.69) is 41.1 Å². The van der Waals surface area contributed by atoms with Crippen molar-refractivity contribution >= 4 is 11.6 Å². The number of amides is 1. The summed E-state index contributed by atoms with van der Waals surface area (Å²) in [5.41, 5.74) is 2.32. The molecule has 0 aromatic heterocycles. The molecule has 0 atom stereocenters. The van der Waals surface area contributed by atoms with E-state index in [1.807, 2.05) is 35.2 Å². The average molecular weight is 380 g/mol. The smallest absolute Gasteiger partial charge is 0.223 e. The van der Waals surface area contributed by atoms with Crippen molar-refractivity contribution in [1.29, 1.82) is 0 Å². The molecule has 0 bridgehead atoms. The summed E-state index contributed by atoms with van der Waals surface area (Å²) in [5, 5.41) is 3.36. The summed E-state index contributed by atoms with van der Waals surface area (Å²) >= 11 is 0. The van der Waals surface area contributed by atoms with Gasteiger partial charge in [0.25, 0.3) is 0 Å². The summed E-state index contributed by atoms with van der Waals surface area (Å²) in [4.78, 5) is 16.8. The molecule has 0 radical (unpaired) electrons. The first-order valence-electron chi connectivity index (χ1n) is 9.88. The summed E-state index contributed by atoms with van der Waals surface area (Å²) in [6, 6.07) is 18.3. The van der Waals surface area contributed by atoms with Crippen LogP contribution in [0.1, 0.15) is 12.0 Å². The average Bonchev–Trinajstić information content (AvgIpc) is 2.76. The number of hydrogen-bond acceptors (Lipinski definition) is 4. The molecular weight excluding hydrogens is 350 g/mol. The SMILES string of the molecule is C=CCOc1ccccc1CNCCC(=O)N1CCN(c2ccccc2)CC1. The van der Waals surface area contributed by atoms with Crippen LogP contribution in [0.25, 0.3) is 0 Å². The lowest BCUT2D eigenvalue weighted by atomic mass is 10.2. The number of benzene rings is 2. The Morgan fingerprint density at radius 3 is 2.50 bits per heavy atom. The summed E-state index contributed by atoms with van der Waals surface area (Å²) < 4.78 is 5.67. The highest BCUT2D eigenvalue weighted by Crippen LogP contribution is 2.18. The first-order valence-corrected chi connectivity index (χ1v) is 9.88. The summed E-state index contributed by atoms with van der Waals surface area (Å²) in [5.74, 6) is 1.08. The lowest BCUT2D eigenvalue weighted by molar-refractivity contribution is -0.131. The zero-order valence-electron chi connectivity index (χ0n) is 16.3. The Kier molecular flexibility index (Phi) is 7.50. The molecule has 2 aromatic carbocycles. The topological polar surface area (TPSA) is 44.8 Å². The Labute approximate surface area is 167 Å². The monoisotopic (exact) mass is 379 g/mol. The fraction of sp³-hybridized carbons (Fsp3) is 0.348. The second-order valence-electron chi connectivity index (χ2n) is 6.84. The van der Waals surface area contributed by atoms with Gasteiger partial charge in [-0.25, -0.2) is 0 Å². The van der Waals surface area contributed by atoms with Crippen LogP contribution in [0.3, 0.4) is 0 Å². The van der Waals surface area contributed by atoms with E-state index >= 15 is 0 Å². The first kappa shape index (κ1) is 20.0. The summed E-state index contributed by atoms with van der Waals surface area (Å²) in [6.07, 6.45) is 2.25. The number of ether oxygens (including phenoxy) is 1. The molecule has 5 nitrogen and oxygen atoms in total. The minimum atomic E-state index is 0.219. The quantitative estimate of drug-likeness (QED) is 0.537. The van der Waals surface area contributed by atoms with Gasteiger partial charge in [0.05, 0.1) is 0 Å². The van der Waals surface area contributed by atoms with Gasteiger partial charge < -0.3 is 19.9 Å². The fourth-order valence-electron chi connectivity index (χ4n) is 3.37. The Bertz CT molecular complexity index is 755. The Balaban J connectivity index is 1.38. The zero-order chi connectivity index (χ0) is 19.6. The van der Waals surface area contributed by atoms with E-state index in [0.29, 0.717) is 26.1 Å². The van der Waals surface area contributed by atoms with Gasteiger partial charge in [0.1, 0.15) is 12.4 Å². The van der Waals surface area contributed by atoms with Gasteiger partial charge in [-0.2, -0.15) is 0 Å². The third kappa shape index (κ3) is 5.60. The van der Waals surface area contributed by atoms with E-state index in [4.69, 9.17) is 4.74 Å². The van der Waals surface area contributed by atoms with Crippen molar-refractivity contribution in [2.45, 2.75) is 13.0 Å². The van der Waals surface area contributed by atoms with Gasteiger partial charge in [-0.05, 0) is 18.2 Å². The summed E-state index contributed by atoms with van der Waals surface area (Å²) in [6.45, 7) is 8.85. The van der Waals surface area contributed by atoms with E-state index in [1.54, 1.807) is 6.08 Å². The van der Waals surface area contributed by atoms with Gasteiger partial charge in [-0.15, -0.1) is 0 Å². The van der Waals surface area contributed by atoms with Crippen LogP contribution in [0, 0.1) is 0 Å². The Morgan fingerprint density at radius 2 is 1.75 bits per heavy atom. The number of piperazine rings is 1. The maximum atomic E-state index is 12.5. The highest BCUT2D eigenvalue weighted by atomic mass is 16.5. The van der Waals surface area contributed by atoms with E-state index < -0.39 is 0 Å². The predicted octanol–water partition coefficient (Wildman–Crippen LogP) is 3.08. The Hall–Kier alpha value is -2.79. The number of nitrogens with zero attached hydrogens (tertiary/aromatic N) is 2. The molecule has 1 heterocycles. The molecule has 28 heavy (non-hydrogen) atoms. The Morgan fingerprint density at radius 1 is 1.04 bits per heavy atom. The third-order valence-corrected chi connectivity index (χ3v) is 4.91. The molecule has 0 aliphatic carbocycles. The van der Waals surface area contributed by atoms with Crippen molar-refractivity contribution in [3.8, 4) is 5.75 Å². The molecule has 5 heteroatoms. The van der Waals surface area contributed by atoms with Crippen LogP contribution in [0.2, 0.25) is 0 Å². The number of anilines is 1. The van der Waals surface area contributed by atoms with Crippen molar-refractivity contribution in [2.75, 3.05) is 44.2 Å².